The molecule has 0 aromatic heterocycles. The Morgan fingerprint density at radius 2 is 1.81 bits per heavy atom. The van der Waals surface area contributed by atoms with Crippen molar-refractivity contribution in [1.82, 2.24) is 0 Å². The molecule has 0 N–H and O–H groups in total. The third-order valence-electron chi connectivity index (χ3n) is 2.86. The first-order valence-corrected chi connectivity index (χ1v) is 6.95. The van der Waals surface area contributed by atoms with Crippen LogP contribution in [0.1, 0.15) is 21.8 Å². The van der Waals surface area contributed by atoms with Gasteiger partial charge in [0.15, 0.2) is 5.78 Å². The van der Waals surface area contributed by atoms with Crippen molar-refractivity contribution < 1.29 is 13.6 Å². The lowest BCUT2D eigenvalue weighted by Crippen LogP contribution is -2.13. The van der Waals surface area contributed by atoms with Crippen molar-refractivity contribution in [2.75, 3.05) is 0 Å². The highest BCUT2D eigenvalue weighted by Gasteiger charge is 2.26. The van der Waals surface area contributed by atoms with Crippen molar-refractivity contribution >= 4 is 33.3 Å². The second-order valence-electron chi connectivity index (χ2n) is 4.22. The third-order valence-corrected chi connectivity index (χ3v) is 3.88. The van der Waals surface area contributed by atoms with E-state index in [0.29, 0.717) is 4.47 Å². The number of rotatable bonds is 3. The molecule has 0 bridgehead atoms. The van der Waals surface area contributed by atoms with Crippen LogP contribution in [0.15, 0.2) is 40.9 Å². The van der Waals surface area contributed by atoms with Gasteiger partial charge in [0.25, 0.3) is 0 Å². The molecule has 2 nitrogen and oxygen atoms in total. The molecule has 1 atom stereocenters. The van der Waals surface area contributed by atoms with E-state index >= 15 is 0 Å². The maximum atomic E-state index is 13.3. The molecule has 0 aliphatic carbocycles. The summed E-state index contributed by atoms with van der Waals surface area (Å²) in [6.07, 6.45) is 0. The van der Waals surface area contributed by atoms with Gasteiger partial charge in [-0.2, -0.15) is 5.26 Å². The summed E-state index contributed by atoms with van der Waals surface area (Å²) in [5, 5.41) is 9.21. The highest BCUT2D eigenvalue weighted by atomic mass is 79.9. The minimum Gasteiger partial charge on any atom is -0.292 e. The van der Waals surface area contributed by atoms with E-state index in [4.69, 9.17) is 11.6 Å². The smallest absolute Gasteiger partial charge is 0.185 e. The van der Waals surface area contributed by atoms with Gasteiger partial charge < -0.3 is 0 Å². The first kappa shape index (κ1) is 15.6. The normalized spacial score (nSPS) is 11.8. The molecule has 0 aliphatic rings. The molecule has 2 rings (SSSR count). The Balaban J connectivity index is 2.49. The number of nitrogens with zero attached hydrogens (tertiary/aromatic N) is 1. The standard InChI is InChI=1S/C15H7BrClF2NO/c16-13-4-2-8(18)5-11(13)15(21)12(7-20)10-3-1-9(19)6-14(10)17/h1-6,12H. The number of carbonyl (C=O) groups excluding carboxylic acids is 1. The Labute approximate surface area is 133 Å². The van der Waals surface area contributed by atoms with Crippen LogP contribution >= 0.6 is 27.5 Å². The number of hydrogen-bond acceptors (Lipinski definition) is 2. The van der Waals surface area contributed by atoms with Crippen molar-refractivity contribution in [2.45, 2.75) is 5.92 Å². The summed E-state index contributed by atoms with van der Waals surface area (Å²) in [6.45, 7) is 0. The molecule has 0 radical (unpaired) electrons. The largest absolute Gasteiger partial charge is 0.292 e. The predicted octanol–water partition coefficient (Wildman–Crippen LogP) is 4.87. The van der Waals surface area contributed by atoms with Crippen molar-refractivity contribution in [3.63, 3.8) is 0 Å². The zero-order valence-electron chi connectivity index (χ0n) is 10.4. The van der Waals surface area contributed by atoms with Gasteiger partial charge in [0.05, 0.1) is 6.07 Å². The first-order valence-electron chi connectivity index (χ1n) is 5.78. The Morgan fingerprint density at radius 1 is 1.19 bits per heavy atom. The molecule has 0 saturated heterocycles. The molecule has 21 heavy (non-hydrogen) atoms. The van der Waals surface area contributed by atoms with E-state index < -0.39 is 23.3 Å². The number of carbonyl (C=O) groups is 1. The maximum absolute atomic E-state index is 13.3. The average molecular weight is 371 g/mol. The van der Waals surface area contributed by atoms with Gasteiger partial charge in [0.2, 0.25) is 0 Å². The van der Waals surface area contributed by atoms with Crippen molar-refractivity contribution in [3.05, 3.63) is 68.7 Å². The summed E-state index contributed by atoms with van der Waals surface area (Å²) in [4.78, 5) is 12.4. The molecule has 6 heteroatoms. The van der Waals surface area contributed by atoms with Gasteiger partial charge in [-0.05, 0) is 35.9 Å². The Bertz CT molecular complexity index is 758. The van der Waals surface area contributed by atoms with E-state index in [0.717, 1.165) is 18.2 Å². The van der Waals surface area contributed by atoms with Crippen molar-refractivity contribution in [1.29, 1.82) is 5.26 Å². The van der Waals surface area contributed by atoms with Crippen LogP contribution in [-0.4, -0.2) is 5.78 Å². The van der Waals surface area contributed by atoms with Crippen molar-refractivity contribution in [2.24, 2.45) is 0 Å². The van der Waals surface area contributed by atoms with E-state index in [1.807, 2.05) is 6.07 Å². The molecular formula is C15H7BrClF2NO. The second kappa shape index (κ2) is 6.33. The summed E-state index contributed by atoms with van der Waals surface area (Å²) in [6, 6.07) is 8.83. The lowest BCUT2D eigenvalue weighted by Gasteiger charge is -2.12. The van der Waals surface area contributed by atoms with E-state index in [2.05, 4.69) is 15.9 Å². The molecule has 0 saturated carbocycles. The van der Waals surface area contributed by atoms with Crippen LogP contribution in [0.3, 0.4) is 0 Å². The fourth-order valence-electron chi connectivity index (χ4n) is 1.85. The average Bonchev–Trinajstić information content (AvgIpc) is 2.44. The fourth-order valence-corrected chi connectivity index (χ4v) is 2.57. The number of Topliss-reactive ketones (excluding diaryl/α,β-unsaturated/α-hetero) is 1. The number of nitriles is 1. The molecule has 0 fully saturated rings. The summed E-state index contributed by atoms with van der Waals surface area (Å²) >= 11 is 9.02. The van der Waals surface area contributed by atoms with Crippen LogP contribution in [0, 0.1) is 23.0 Å². The zero-order valence-corrected chi connectivity index (χ0v) is 12.8. The van der Waals surface area contributed by atoms with E-state index in [1.54, 1.807) is 0 Å². The van der Waals surface area contributed by atoms with Gasteiger partial charge in [0.1, 0.15) is 17.6 Å². The van der Waals surface area contributed by atoms with E-state index in [1.165, 1.54) is 18.2 Å². The molecule has 2 aromatic carbocycles. The number of ketones is 1. The van der Waals surface area contributed by atoms with Gasteiger partial charge in [-0.25, -0.2) is 8.78 Å². The van der Waals surface area contributed by atoms with Crippen molar-refractivity contribution in [3.8, 4) is 6.07 Å². The van der Waals surface area contributed by atoms with Crippen LogP contribution in [-0.2, 0) is 0 Å². The lowest BCUT2D eigenvalue weighted by atomic mass is 9.91. The van der Waals surface area contributed by atoms with Crippen LogP contribution in [0.25, 0.3) is 0 Å². The highest BCUT2D eigenvalue weighted by Crippen LogP contribution is 2.30. The van der Waals surface area contributed by atoms with Gasteiger partial charge in [-0.3, -0.25) is 4.79 Å². The van der Waals surface area contributed by atoms with Crippen LogP contribution < -0.4 is 0 Å². The first-order chi connectivity index (χ1) is 9.93. The summed E-state index contributed by atoms with van der Waals surface area (Å²) in [5.74, 6) is -3.02. The summed E-state index contributed by atoms with van der Waals surface area (Å²) in [7, 11) is 0. The van der Waals surface area contributed by atoms with Gasteiger partial charge >= 0.3 is 0 Å². The topological polar surface area (TPSA) is 40.9 Å². The Kier molecular flexibility index (Phi) is 4.71. The quantitative estimate of drug-likeness (QED) is 0.723. The highest BCUT2D eigenvalue weighted by molar-refractivity contribution is 9.10. The SMILES string of the molecule is N#CC(C(=O)c1cc(F)ccc1Br)c1ccc(F)cc1Cl. The lowest BCUT2D eigenvalue weighted by molar-refractivity contribution is 0.0977. The molecule has 106 valence electrons. The number of hydrogen-bond donors (Lipinski definition) is 0. The molecular weight excluding hydrogens is 364 g/mol. The third kappa shape index (κ3) is 3.29. The molecule has 1 unspecified atom stereocenters. The van der Waals surface area contributed by atoms with Crippen LogP contribution in [0.2, 0.25) is 5.02 Å². The zero-order chi connectivity index (χ0) is 15.6. The summed E-state index contributed by atoms with van der Waals surface area (Å²) < 4.78 is 26.7. The van der Waals surface area contributed by atoms with Crippen LogP contribution in [0.5, 0.6) is 0 Å². The number of halogens is 4. The second-order valence-corrected chi connectivity index (χ2v) is 5.48. The fraction of sp³-hybridized carbons (Fsp3) is 0.0667. The minimum absolute atomic E-state index is 0.0255. The summed E-state index contributed by atoms with van der Waals surface area (Å²) in [5.41, 5.74) is 0.212. The number of benzene rings is 2. The Morgan fingerprint density at radius 3 is 2.43 bits per heavy atom. The van der Waals surface area contributed by atoms with Gasteiger partial charge in [-0.1, -0.05) is 33.6 Å². The van der Waals surface area contributed by atoms with E-state index in [-0.39, 0.29) is 16.1 Å². The van der Waals surface area contributed by atoms with Gasteiger partial charge in [-0.15, -0.1) is 0 Å². The molecule has 0 amide bonds. The van der Waals surface area contributed by atoms with E-state index in [9.17, 15) is 18.8 Å². The van der Waals surface area contributed by atoms with Crippen LogP contribution in [0.4, 0.5) is 8.78 Å². The Hall–Kier alpha value is -1.77. The molecule has 0 heterocycles. The molecule has 2 aromatic rings. The molecule has 0 spiro atoms. The predicted molar refractivity (Wildman–Crippen MR) is 78.2 cm³/mol. The minimum atomic E-state index is -1.24. The van der Waals surface area contributed by atoms with Gasteiger partial charge in [0, 0.05) is 15.1 Å². The molecule has 0 aliphatic heterocycles. The maximum Gasteiger partial charge on any atom is 0.185 e. The monoisotopic (exact) mass is 369 g/mol.